The van der Waals surface area contributed by atoms with Gasteiger partial charge in [-0.2, -0.15) is 0 Å². The molecule has 4 aromatic heterocycles. The third kappa shape index (κ3) is 3.62. The van der Waals surface area contributed by atoms with Crippen molar-refractivity contribution in [3.05, 3.63) is 65.7 Å². The summed E-state index contributed by atoms with van der Waals surface area (Å²) in [7, 11) is 3.72. The van der Waals surface area contributed by atoms with Crippen LogP contribution in [0.4, 0.5) is 10.2 Å². The van der Waals surface area contributed by atoms with E-state index in [1.165, 1.54) is 6.07 Å². The van der Waals surface area contributed by atoms with Gasteiger partial charge in [-0.1, -0.05) is 23.4 Å². The first-order chi connectivity index (χ1) is 17.6. The van der Waals surface area contributed by atoms with Gasteiger partial charge in [0.25, 0.3) is 0 Å². The van der Waals surface area contributed by atoms with Gasteiger partial charge in [-0.3, -0.25) is 4.98 Å². The van der Waals surface area contributed by atoms with E-state index in [0.717, 1.165) is 57.7 Å². The van der Waals surface area contributed by atoms with Crippen molar-refractivity contribution in [1.29, 1.82) is 0 Å². The van der Waals surface area contributed by atoms with Crippen molar-refractivity contribution in [2.45, 2.75) is 25.8 Å². The van der Waals surface area contributed by atoms with Crippen molar-refractivity contribution in [2.75, 3.05) is 25.6 Å². The summed E-state index contributed by atoms with van der Waals surface area (Å²) < 4.78 is 25.1. The first kappa shape index (κ1) is 22.6. The van der Waals surface area contributed by atoms with Crippen molar-refractivity contribution in [2.24, 2.45) is 13.0 Å². The smallest absolute Gasteiger partial charge is 0.145 e. The van der Waals surface area contributed by atoms with Crippen LogP contribution in [0.1, 0.15) is 30.1 Å². The maximum absolute atomic E-state index is 15.4. The molecule has 1 saturated heterocycles. The number of aryl methyl sites for hydroxylation is 2. The van der Waals surface area contributed by atoms with Crippen LogP contribution in [-0.2, 0) is 11.8 Å². The minimum Gasteiger partial charge on any atom is -0.381 e. The van der Waals surface area contributed by atoms with Gasteiger partial charge in [0, 0.05) is 50.0 Å². The molecule has 1 atom stereocenters. The lowest BCUT2D eigenvalue weighted by atomic mass is 9.86. The molecule has 8 nitrogen and oxygen atoms in total. The first-order valence-electron chi connectivity index (χ1n) is 12.2. The Balaban J connectivity index is 1.69. The summed E-state index contributed by atoms with van der Waals surface area (Å²) in [6.45, 7) is 3.25. The fourth-order valence-electron chi connectivity index (χ4n) is 5.53. The second-order valence-electron chi connectivity index (χ2n) is 9.34. The van der Waals surface area contributed by atoms with Crippen molar-refractivity contribution < 1.29 is 9.13 Å². The molecule has 0 saturated carbocycles. The predicted octanol–water partition coefficient (Wildman–Crippen LogP) is 4.89. The lowest BCUT2D eigenvalue weighted by Gasteiger charge is -2.33. The standard InChI is InChI=1S/C27H28FN7O/c1-16-25(34(3)33-32-16)18-14-22-24(30-15-18)20-8-9-23(29-2)31-27(20)35(22)26(17-10-12-36-13-11-17)19-6-4-5-7-21(19)28/h4-9,14-15,17,26H,10-13H2,1-3H3,(H,29,31)/t26-/m0/s1. The number of aromatic nitrogens is 6. The van der Waals surface area contributed by atoms with Crippen LogP contribution in [-0.4, -0.2) is 49.8 Å². The largest absolute Gasteiger partial charge is 0.381 e. The molecule has 184 valence electrons. The van der Waals surface area contributed by atoms with Gasteiger partial charge in [0.2, 0.25) is 0 Å². The Morgan fingerprint density at radius 3 is 2.67 bits per heavy atom. The monoisotopic (exact) mass is 485 g/mol. The number of halogens is 1. The van der Waals surface area contributed by atoms with Crippen LogP contribution < -0.4 is 5.32 Å². The Morgan fingerprint density at radius 1 is 1.14 bits per heavy atom. The Bertz CT molecular complexity index is 1550. The lowest BCUT2D eigenvalue weighted by molar-refractivity contribution is 0.0548. The molecular formula is C27H28FN7O. The number of fused-ring (bicyclic) bond motifs is 3. The van der Waals surface area contributed by atoms with Crippen molar-refractivity contribution in [1.82, 2.24) is 29.5 Å². The van der Waals surface area contributed by atoms with Gasteiger partial charge in [0.1, 0.15) is 17.3 Å². The number of nitrogens with zero attached hydrogens (tertiary/aromatic N) is 6. The van der Waals surface area contributed by atoms with E-state index in [2.05, 4.69) is 26.3 Å². The van der Waals surface area contributed by atoms with E-state index in [0.29, 0.717) is 18.8 Å². The quantitative estimate of drug-likeness (QED) is 0.382. The molecule has 0 amide bonds. The molecule has 0 unspecified atom stereocenters. The van der Waals surface area contributed by atoms with Gasteiger partial charge in [0.15, 0.2) is 0 Å². The number of pyridine rings is 2. The molecule has 9 heteroatoms. The van der Waals surface area contributed by atoms with E-state index in [9.17, 15) is 0 Å². The summed E-state index contributed by atoms with van der Waals surface area (Å²) in [5.74, 6) is 0.709. The van der Waals surface area contributed by atoms with E-state index in [4.69, 9.17) is 14.7 Å². The molecule has 1 aromatic carbocycles. The highest BCUT2D eigenvalue weighted by atomic mass is 19.1. The minimum atomic E-state index is -0.266. The predicted molar refractivity (Wildman–Crippen MR) is 137 cm³/mol. The molecule has 6 rings (SSSR count). The van der Waals surface area contributed by atoms with Crippen molar-refractivity contribution >= 4 is 27.9 Å². The van der Waals surface area contributed by atoms with E-state index in [1.807, 2.05) is 51.5 Å². The molecular weight excluding hydrogens is 457 g/mol. The minimum absolute atomic E-state index is 0.179. The summed E-state index contributed by atoms with van der Waals surface area (Å²) in [5, 5.41) is 12.5. The summed E-state index contributed by atoms with van der Waals surface area (Å²) in [6, 6.07) is 12.9. The van der Waals surface area contributed by atoms with Crippen LogP contribution >= 0.6 is 0 Å². The molecule has 5 heterocycles. The molecule has 1 aliphatic heterocycles. The van der Waals surface area contributed by atoms with E-state index >= 15 is 4.39 Å². The van der Waals surface area contributed by atoms with Crippen LogP contribution in [0.5, 0.6) is 0 Å². The number of ether oxygens (including phenoxy) is 1. The Hall–Kier alpha value is -3.85. The maximum atomic E-state index is 15.4. The van der Waals surface area contributed by atoms with E-state index < -0.39 is 0 Å². The van der Waals surface area contributed by atoms with Crippen molar-refractivity contribution in [3.8, 4) is 11.3 Å². The zero-order chi connectivity index (χ0) is 24.8. The van der Waals surface area contributed by atoms with Gasteiger partial charge in [-0.25, -0.2) is 14.1 Å². The third-order valence-electron chi connectivity index (χ3n) is 7.22. The number of hydrogen-bond acceptors (Lipinski definition) is 6. The fraction of sp³-hybridized carbons (Fsp3) is 0.333. The lowest BCUT2D eigenvalue weighted by Crippen LogP contribution is -2.27. The molecule has 1 aliphatic rings. The highest BCUT2D eigenvalue weighted by Gasteiger charge is 2.32. The molecule has 0 aliphatic carbocycles. The van der Waals surface area contributed by atoms with Gasteiger partial charge < -0.3 is 14.6 Å². The highest BCUT2D eigenvalue weighted by Crippen LogP contribution is 2.41. The number of rotatable bonds is 5. The Morgan fingerprint density at radius 2 is 1.94 bits per heavy atom. The third-order valence-corrected chi connectivity index (χ3v) is 7.22. The highest BCUT2D eigenvalue weighted by molar-refractivity contribution is 6.05. The second-order valence-corrected chi connectivity index (χ2v) is 9.34. The number of hydrogen-bond donors (Lipinski definition) is 1. The van der Waals surface area contributed by atoms with Gasteiger partial charge >= 0.3 is 0 Å². The van der Waals surface area contributed by atoms with Crippen molar-refractivity contribution in [3.63, 3.8) is 0 Å². The van der Waals surface area contributed by atoms with Gasteiger partial charge in [-0.05, 0) is 49.9 Å². The molecule has 0 bridgehead atoms. The number of anilines is 1. The van der Waals surface area contributed by atoms with Crippen LogP contribution in [0.25, 0.3) is 33.3 Å². The van der Waals surface area contributed by atoms with E-state index in [-0.39, 0.29) is 17.8 Å². The molecule has 0 spiro atoms. The van der Waals surface area contributed by atoms with Gasteiger partial charge in [0.05, 0.1) is 28.5 Å². The van der Waals surface area contributed by atoms with Crippen LogP contribution in [0, 0.1) is 18.7 Å². The normalized spacial score (nSPS) is 15.6. The molecule has 5 aromatic rings. The first-order valence-corrected chi connectivity index (χ1v) is 12.2. The van der Waals surface area contributed by atoms with Crippen LogP contribution in [0.15, 0.2) is 48.7 Å². The van der Waals surface area contributed by atoms with Gasteiger partial charge in [-0.15, -0.1) is 5.10 Å². The molecule has 36 heavy (non-hydrogen) atoms. The number of nitrogens with one attached hydrogen (secondary N) is 1. The zero-order valence-electron chi connectivity index (χ0n) is 20.6. The SMILES string of the molecule is CNc1ccc2c3ncc(-c4c(C)nnn4C)cc3n([C@H](c3ccccc3F)C3CCOCC3)c2n1. The summed E-state index contributed by atoms with van der Waals surface area (Å²) >= 11 is 0. The summed E-state index contributed by atoms with van der Waals surface area (Å²) in [4.78, 5) is 9.86. The Labute approximate surface area is 208 Å². The average Bonchev–Trinajstić information content (AvgIpc) is 3.41. The van der Waals surface area contributed by atoms with Crippen LogP contribution in [0.2, 0.25) is 0 Å². The summed E-state index contributed by atoms with van der Waals surface area (Å²) in [5.41, 5.74) is 5.81. The zero-order valence-corrected chi connectivity index (χ0v) is 20.6. The maximum Gasteiger partial charge on any atom is 0.145 e. The number of benzene rings is 1. The van der Waals surface area contributed by atoms with E-state index in [1.54, 1.807) is 10.7 Å². The second kappa shape index (κ2) is 8.98. The van der Waals surface area contributed by atoms with Crippen LogP contribution in [0.3, 0.4) is 0 Å². The average molecular weight is 486 g/mol. The summed E-state index contributed by atoms with van der Waals surface area (Å²) in [6.07, 6.45) is 3.53. The Kier molecular flexibility index (Phi) is 5.64. The molecule has 1 N–H and O–H groups in total. The molecule has 1 fully saturated rings. The topological polar surface area (TPSA) is 82.7 Å². The fourth-order valence-corrected chi connectivity index (χ4v) is 5.53. The molecule has 0 radical (unpaired) electrons.